The first-order valence-corrected chi connectivity index (χ1v) is 13.7. The van der Waals surface area contributed by atoms with Crippen LogP contribution in [0.4, 0.5) is 46.4 Å². The van der Waals surface area contributed by atoms with Crippen LogP contribution in [0.5, 0.6) is 0 Å². The number of nitrogens with zero attached hydrogens (tertiary/aromatic N) is 7. The van der Waals surface area contributed by atoms with Gasteiger partial charge in [0.15, 0.2) is 5.82 Å². The second kappa shape index (κ2) is 10.4. The van der Waals surface area contributed by atoms with Gasteiger partial charge in [0.1, 0.15) is 17.1 Å². The maximum atomic E-state index is 14.8. The highest BCUT2D eigenvalue weighted by Crippen LogP contribution is 2.40. The second-order valence-corrected chi connectivity index (χ2v) is 11.0. The van der Waals surface area contributed by atoms with Crippen molar-refractivity contribution in [3.05, 3.63) is 64.6 Å². The highest BCUT2D eigenvalue weighted by atomic mass is 35.5. The van der Waals surface area contributed by atoms with Gasteiger partial charge in [0.05, 0.1) is 22.8 Å². The summed E-state index contributed by atoms with van der Waals surface area (Å²) in [7, 11) is 2.01. The van der Waals surface area contributed by atoms with E-state index in [1.54, 1.807) is 11.0 Å². The minimum absolute atomic E-state index is 0.0178. The van der Waals surface area contributed by atoms with E-state index in [4.69, 9.17) is 11.6 Å². The number of carbonyl (C=O) groups excluding carboxylic acids is 1. The molecule has 0 aliphatic carbocycles. The zero-order valence-electron chi connectivity index (χ0n) is 23.0. The van der Waals surface area contributed by atoms with Gasteiger partial charge in [-0.25, -0.2) is 14.3 Å². The molecule has 6 rings (SSSR count). The molecule has 0 radical (unpaired) electrons. The number of aromatic nitrogens is 2. The lowest BCUT2D eigenvalue weighted by molar-refractivity contribution is -0.136. The third-order valence-corrected chi connectivity index (χ3v) is 8.22. The van der Waals surface area contributed by atoms with Crippen LogP contribution in [0.1, 0.15) is 29.8 Å². The topological polar surface area (TPSA) is 80.2 Å². The monoisotopic (exact) mass is 602 g/mol. The first kappa shape index (κ1) is 28.2. The van der Waals surface area contributed by atoms with E-state index in [1.807, 2.05) is 25.8 Å². The van der Waals surface area contributed by atoms with Crippen LogP contribution in [0.15, 0.2) is 47.6 Å². The first-order chi connectivity index (χ1) is 19.9. The number of anilines is 5. The third kappa shape index (κ3) is 4.79. The number of alkyl halides is 3. The van der Waals surface area contributed by atoms with Crippen LogP contribution >= 0.6 is 11.6 Å². The van der Waals surface area contributed by atoms with Gasteiger partial charge in [0.2, 0.25) is 11.9 Å². The van der Waals surface area contributed by atoms with Crippen LogP contribution < -0.4 is 20.0 Å². The van der Waals surface area contributed by atoms with Crippen molar-refractivity contribution in [1.29, 1.82) is 0 Å². The summed E-state index contributed by atoms with van der Waals surface area (Å²) in [6, 6.07) is 8.56. The smallest absolute Gasteiger partial charge is 0.368 e. The van der Waals surface area contributed by atoms with Gasteiger partial charge in [-0.05, 0) is 51.2 Å². The van der Waals surface area contributed by atoms with E-state index in [-0.39, 0.29) is 51.8 Å². The number of fused-ring (bicyclic) bond motifs is 3. The Hall–Kier alpha value is -3.97. The van der Waals surface area contributed by atoms with E-state index in [2.05, 4.69) is 25.2 Å². The maximum Gasteiger partial charge on any atom is 0.418 e. The highest BCUT2D eigenvalue weighted by Gasteiger charge is 2.42. The predicted octanol–water partition coefficient (Wildman–Crippen LogP) is 5.40. The van der Waals surface area contributed by atoms with Gasteiger partial charge in [-0.3, -0.25) is 19.6 Å². The lowest BCUT2D eigenvalue weighted by Crippen LogP contribution is -2.55. The Bertz CT molecular complexity index is 1570. The molecule has 1 saturated heterocycles. The summed E-state index contributed by atoms with van der Waals surface area (Å²) in [5.41, 5.74) is -0.729. The Morgan fingerprint density at radius 3 is 2.52 bits per heavy atom. The van der Waals surface area contributed by atoms with Crippen LogP contribution in [0.3, 0.4) is 0 Å². The number of rotatable bonds is 4. The molecule has 0 bridgehead atoms. The first-order valence-electron chi connectivity index (χ1n) is 13.4. The molecule has 9 nitrogen and oxygen atoms in total. The average molecular weight is 603 g/mol. The standard InChI is InChI=1S/C28H27ClF4N8O/c1-15-13-39(14-16(2)38(15)3)17-7-8-22(19(11-17)28(31,32)33)36-26-35-12-18-24(37-26)40-10-9-34-27(40)41(25(18)42)23-20(29)5-4-6-21(23)30/h4-8,11-12,15-16H,9-10,13-14H2,1-3H3,(H,35,36,37)/t15-,16+. The molecule has 3 aromatic rings. The Morgan fingerprint density at radius 2 is 1.83 bits per heavy atom. The number of aliphatic imine (C=N–C) groups is 1. The number of hydrogen-bond donors (Lipinski definition) is 1. The molecule has 14 heteroatoms. The van der Waals surface area contributed by atoms with Crippen LogP contribution in [0.2, 0.25) is 5.02 Å². The molecule has 0 spiro atoms. The van der Waals surface area contributed by atoms with E-state index in [0.717, 1.165) is 11.0 Å². The van der Waals surface area contributed by atoms with E-state index < -0.39 is 23.5 Å². The van der Waals surface area contributed by atoms with Gasteiger partial charge in [-0.2, -0.15) is 18.2 Å². The van der Waals surface area contributed by atoms with Crippen molar-refractivity contribution < 1.29 is 22.4 Å². The summed E-state index contributed by atoms with van der Waals surface area (Å²) in [4.78, 5) is 33.2. The minimum atomic E-state index is -4.65. The number of piperazine rings is 1. The van der Waals surface area contributed by atoms with Crippen molar-refractivity contribution in [1.82, 2.24) is 14.9 Å². The predicted molar refractivity (Wildman–Crippen MR) is 154 cm³/mol. The van der Waals surface area contributed by atoms with Crippen molar-refractivity contribution in [2.75, 3.05) is 53.2 Å². The number of halogens is 5. The van der Waals surface area contributed by atoms with Crippen molar-refractivity contribution in [2.24, 2.45) is 4.99 Å². The van der Waals surface area contributed by atoms with Crippen LogP contribution in [-0.2, 0) is 6.18 Å². The molecule has 3 aliphatic rings. The summed E-state index contributed by atoms with van der Waals surface area (Å²) in [5.74, 6) is -1.22. The Labute approximate surface area is 244 Å². The molecule has 0 saturated carbocycles. The molecule has 3 aliphatic heterocycles. The van der Waals surface area contributed by atoms with Crippen molar-refractivity contribution in [2.45, 2.75) is 32.1 Å². The number of nitrogens with one attached hydrogen (secondary N) is 1. The van der Waals surface area contributed by atoms with Gasteiger partial charge in [-0.15, -0.1) is 0 Å². The average Bonchev–Trinajstić information content (AvgIpc) is 3.42. The summed E-state index contributed by atoms with van der Waals surface area (Å²) < 4.78 is 57.6. The molecular formula is C28H27ClF4N8O. The SMILES string of the molecule is C[C@@H]1CN(c2ccc(Nc3ncc4c(n3)N3CCN=C3N(c3c(F)cccc3Cl)C4=O)c(C(F)(F)F)c2)C[C@H](C)N1C. The van der Waals surface area contributed by atoms with Gasteiger partial charge < -0.3 is 10.2 Å². The molecule has 42 heavy (non-hydrogen) atoms. The number of guanidine groups is 1. The summed E-state index contributed by atoms with van der Waals surface area (Å²) in [5, 5.41) is 2.72. The molecule has 4 heterocycles. The number of amides is 1. The number of hydrogen-bond acceptors (Lipinski definition) is 8. The molecule has 2 aromatic carbocycles. The van der Waals surface area contributed by atoms with E-state index in [1.165, 1.54) is 30.5 Å². The van der Waals surface area contributed by atoms with Gasteiger partial charge in [0, 0.05) is 43.6 Å². The number of likely N-dealkylation sites (N-methyl/N-ethyl adjacent to an activating group) is 1. The van der Waals surface area contributed by atoms with Crippen LogP contribution in [0.25, 0.3) is 0 Å². The summed E-state index contributed by atoms with van der Waals surface area (Å²) >= 11 is 6.25. The fourth-order valence-electron chi connectivity index (χ4n) is 5.54. The van der Waals surface area contributed by atoms with Crippen molar-refractivity contribution in [3.8, 4) is 0 Å². The fourth-order valence-corrected chi connectivity index (χ4v) is 5.79. The minimum Gasteiger partial charge on any atom is -0.368 e. The quantitative estimate of drug-likeness (QED) is 0.401. The number of para-hydroxylation sites is 1. The Morgan fingerprint density at radius 1 is 1.10 bits per heavy atom. The molecule has 1 aromatic heterocycles. The number of benzene rings is 2. The van der Waals surface area contributed by atoms with Crippen molar-refractivity contribution >= 4 is 52.3 Å². The molecule has 1 amide bonds. The van der Waals surface area contributed by atoms with Crippen LogP contribution in [-0.4, -0.2) is 72.0 Å². The van der Waals surface area contributed by atoms with Gasteiger partial charge in [-0.1, -0.05) is 17.7 Å². The molecule has 1 N–H and O–H groups in total. The molecule has 0 unspecified atom stereocenters. The zero-order valence-corrected chi connectivity index (χ0v) is 23.7. The normalized spacial score (nSPS) is 20.9. The molecule has 1 fully saturated rings. The van der Waals surface area contributed by atoms with Crippen molar-refractivity contribution in [3.63, 3.8) is 0 Å². The zero-order chi connectivity index (χ0) is 29.9. The second-order valence-electron chi connectivity index (χ2n) is 10.6. The fraction of sp³-hybridized carbons (Fsp3) is 0.357. The highest BCUT2D eigenvalue weighted by molar-refractivity contribution is 6.38. The largest absolute Gasteiger partial charge is 0.418 e. The van der Waals surface area contributed by atoms with E-state index in [9.17, 15) is 22.4 Å². The Balaban J connectivity index is 1.33. The lowest BCUT2D eigenvalue weighted by atomic mass is 10.1. The third-order valence-electron chi connectivity index (χ3n) is 7.92. The summed E-state index contributed by atoms with van der Waals surface area (Å²) in [6.45, 7) is 5.90. The molecule has 220 valence electrons. The van der Waals surface area contributed by atoms with E-state index >= 15 is 0 Å². The number of carbonyl (C=O) groups is 1. The molecule has 2 atom stereocenters. The lowest BCUT2D eigenvalue weighted by Gasteiger charge is -2.43. The van der Waals surface area contributed by atoms with Gasteiger partial charge >= 0.3 is 6.18 Å². The maximum absolute atomic E-state index is 14.8. The van der Waals surface area contributed by atoms with Gasteiger partial charge in [0.25, 0.3) is 5.91 Å². The molecular weight excluding hydrogens is 576 g/mol. The summed E-state index contributed by atoms with van der Waals surface area (Å²) in [6.07, 6.45) is -3.45. The van der Waals surface area contributed by atoms with Crippen LogP contribution in [0, 0.1) is 5.82 Å². The Kier molecular flexibility index (Phi) is 6.97. The van der Waals surface area contributed by atoms with E-state index in [0.29, 0.717) is 31.9 Å².